The maximum Gasteiger partial charge on any atom is 0.272 e. The number of nitrogens with one attached hydrogen (secondary N) is 3. The van der Waals surface area contributed by atoms with E-state index in [4.69, 9.17) is 9.47 Å². The van der Waals surface area contributed by atoms with Gasteiger partial charge in [0.15, 0.2) is 0 Å². The number of amides is 5. The van der Waals surface area contributed by atoms with E-state index in [9.17, 15) is 37.5 Å². The number of ether oxygens (including phenoxy) is 2. The van der Waals surface area contributed by atoms with Gasteiger partial charge in [-0.1, -0.05) is 42.5 Å². The molecule has 5 amide bonds. The van der Waals surface area contributed by atoms with Crippen molar-refractivity contribution in [3.63, 3.8) is 0 Å². The van der Waals surface area contributed by atoms with E-state index in [2.05, 4.69) is 25.7 Å². The summed E-state index contributed by atoms with van der Waals surface area (Å²) in [5.41, 5.74) is 2.60. The number of H-pyrrole nitrogens is 1. The van der Waals surface area contributed by atoms with Gasteiger partial charge in [-0.25, -0.2) is 18.3 Å². The summed E-state index contributed by atoms with van der Waals surface area (Å²) >= 11 is 0. The first-order valence-electron chi connectivity index (χ1n) is 28.2. The highest BCUT2D eigenvalue weighted by molar-refractivity contribution is 5.98. The molecular weight excluding hydrogens is 1030 g/mol. The summed E-state index contributed by atoms with van der Waals surface area (Å²) < 4.78 is 54.9. The quantitative estimate of drug-likeness (QED) is 0.115. The number of aromatic amines is 1. The van der Waals surface area contributed by atoms with Crippen LogP contribution in [0.15, 0.2) is 89.7 Å². The van der Waals surface area contributed by atoms with Crippen molar-refractivity contribution in [2.75, 3.05) is 91.8 Å². The molecule has 80 heavy (non-hydrogen) atoms. The largest absolute Gasteiger partial charge is 0.381 e. The van der Waals surface area contributed by atoms with E-state index < -0.39 is 29.4 Å². The minimum absolute atomic E-state index is 0.00167. The zero-order valence-electron chi connectivity index (χ0n) is 45.0. The molecule has 3 N–H and O–H groups in total. The van der Waals surface area contributed by atoms with Crippen LogP contribution in [-0.4, -0.2) is 174 Å². The summed E-state index contributed by atoms with van der Waals surface area (Å²) in [6.45, 7) is 6.09. The smallest absolute Gasteiger partial charge is 0.272 e. The average Bonchev–Trinajstić information content (AvgIpc) is 3.50. The third-order valence-electron chi connectivity index (χ3n) is 16.7. The molecule has 5 aromatic rings. The molecule has 10 rings (SSSR count). The molecule has 424 valence electrons. The highest BCUT2D eigenvalue weighted by Crippen LogP contribution is 2.30. The number of piperazine rings is 1. The normalized spacial score (nSPS) is 19.5. The molecule has 0 aliphatic carbocycles. The summed E-state index contributed by atoms with van der Waals surface area (Å²) in [5.74, 6) is -3.05. The lowest BCUT2D eigenvalue weighted by Crippen LogP contribution is -2.55. The van der Waals surface area contributed by atoms with Crippen LogP contribution in [0, 0.1) is 23.4 Å². The molecule has 2 atom stereocenters. The number of halogens is 3. The topological polar surface area (TPSA) is 190 Å². The van der Waals surface area contributed by atoms with Crippen LogP contribution in [0.1, 0.15) is 100 Å². The number of rotatable bonds is 16. The highest BCUT2D eigenvalue weighted by atomic mass is 19.1. The van der Waals surface area contributed by atoms with Crippen LogP contribution in [0.3, 0.4) is 0 Å². The van der Waals surface area contributed by atoms with Crippen LogP contribution in [0.2, 0.25) is 0 Å². The van der Waals surface area contributed by atoms with Crippen molar-refractivity contribution in [2.24, 2.45) is 5.92 Å². The number of benzene rings is 4. The van der Waals surface area contributed by atoms with E-state index in [-0.39, 0.29) is 97.1 Å². The summed E-state index contributed by atoms with van der Waals surface area (Å²) in [7, 11) is 0. The number of carbonyl (C=O) groups excluding carboxylic acids is 5. The van der Waals surface area contributed by atoms with Crippen LogP contribution in [0.4, 0.5) is 13.2 Å². The Hall–Kier alpha value is -7.00. The van der Waals surface area contributed by atoms with Gasteiger partial charge in [0.1, 0.15) is 23.5 Å². The first kappa shape index (κ1) is 56.3. The predicted molar refractivity (Wildman–Crippen MR) is 292 cm³/mol. The first-order valence-corrected chi connectivity index (χ1v) is 28.2. The molecule has 5 fully saturated rings. The average molecular weight is 1100 g/mol. The molecule has 5 saturated heterocycles. The third-order valence-corrected chi connectivity index (χ3v) is 16.7. The molecule has 17 nitrogen and oxygen atoms in total. The fourth-order valence-corrected chi connectivity index (χ4v) is 12.0. The van der Waals surface area contributed by atoms with E-state index in [1.54, 1.807) is 45.0 Å². The SMILES string of the molecule is O=C(N[C@@H](C(=O)N1CCC(OC2CCN(CC(=O)N3CCN(C(=O)c4cc(Cc5n[nH]c(=O)c6ccccc56)ccc4F)CC3)CC2)CC1)C1CCOCC1)c1cccc(C2CCCN(C(=O)CNCc3ccc(F)cc3F)C2)c1. The fourth-order valence-electron chi connectivity index (χ4n) is 12.0. The van der Waals surface area contributed by atoms with Crippen LogP contribution in [0.25, 0.3) is 10.8 Å². The van der Waals surface area contributed by atoms with Gasteiger partial charge in [0.2, 0.25) is 17.7 Å². The van der Waals surface area contributed by atoms with E-state index in [0.29, 0.717) is 125 Å². The molecule has 5 aliphatic rings. The van der Waals surface area contributed by atoms with E-state index in [1.807, 2.05) is 35.2 Å². The van der Waals surface area contributed by atoms with Gasteiger partial charge >= 0.3 is 0 Å². The van der Waals surface area contributed by atoms with Crippen molar-refractivity contribution in [1.82, 2.24) is 45.3 Å². The molecule has 5 aliphatic heterocycles. The van der Waals surface area contributed by atoms with Crippen molar-refractivity contribution >= 4 is 40.3 Å². The van der Waals surface area contributed by atoms with Crippen LogP contribution < -0.4 is 16.2 Å². The lowest BCUT2D eigenvalue weighted by molar-refractivity contribution is -0.140. The van der Waals surface area contributed by atoms with Crippen LogP contribution in [0.5, 0.6) is 0 Å². The predicted octanol–water partition coefficient (Wildman–Crippen LogP) is 5.41. The first-order chi connectivity index (χ1) is 38.8. The molecule has 1 unspecified atom stereocenters. The second kappa shape index (κ2) is 26.1. The Morgan fingerprint density at radius 3 is 2.17 bits per heavy atom. The van der Waals surface area contributed by atoms with Gasteiger partial charge in [-0.2, -0.15) is 5.10 Å². The van der Waals surface area contributed by atoms with Crippen molar-refractivity contribution < 1.29 is 46.6 Å². The van der Waals surface area contributed by atoms with Crippen molar-refractivity contribution in [3.8, 4) is 0 Å². The second-order valence-electron chi connectivity index (χ2n) is 21.9. The van der Waals surface area contributed by atoms with Crippen LogP contribution >= 0.6 is 0 Å². The Morgan fingerprint density at radius 2 is 1.43 bits per heavy atom. The van der Waals surface area contributed by atoms with E-state index in [0.717, 1.165) is 37.3 Å². The number of likely N-dealkylation sites (tertiary alicyclic amines) is 3. The lowest BCUT2D eigenvalue weighted by atomic mass is 9.88. The molecule has 6 heterocycles. The molecular formula is C60H70F3N9O8. The number of aromatic nitrogens is 2. The summed E-state index contributed by atoms with van der Waals surface area (Å²) in [6, 6.07) is 21.6. The number of hydrogen-bond donors (Lipinski definition) is 3. The Balaban J connectivity index is 0.651. The zero-order chi connectivity index (χ0) is 55.7. The Labute approximate surface area is 463 Å². The zero-order valence-corrected chi connectivity index (χ0v) is 45.0. The summed E-state index contributed by atoms with van der Waals surface area (Å²) in [4.78, 5) is 90.2. The molecule has 20 heteroatoms. The van der Waals surface area contributed by atoms with Crippen molar-refractivity contribution in [1.29, 1.82) is 0 Å². The van der Waals surface area contributed by atoms with Crippen molar-refractivity contribution in [2.45, 2.75) is 88.5 Å². The summed E-state index contributed by atoms with van der Waals surface area (Å²) in [6.07, 6.45) is 6.09. The molecule has 4 aromatic carbocycles. The van der Waals surface area contributed by atoms with Crippen LogP contribution in [-0.2, 0) is 36.8 Å². The molecule has 0 saturated carbocycles. The molecule has 0 spiro atoms. The minimum Gasteiger partial charge on any atom is -0.381 e. The molecule has 0 bridgehead atoms. The summed E-state index contributed by atoms with van der Waals surface area (Å²) in [5, 5.41) is 14.1. The Kier molecular flexibility index (Phi) is 18.3. The maximum absolute atomic E-state index is 15.1. The van der Waals surface area contributed by atoms with Gasteiger partial charge < -0.3 is 39.7 Å². The molecule has 0 radical (unpaired) electrons. The maximum atomic E-state index is 15.1. The van der Waals surface area contributed by atoms with Gasteiger partial charge in [-0.15, -0.1) is 0 Å². The van der Waals surface area contributed by atoms with Gasteiger partial charge in [0, 0.05) is 120 Å². The highest BCUT2D eigenvalue weighted by Gasteiger charge is 2.37. The Morgan fingerprint density at radius 1 is 0.700 bits per heavy atom. The van der Waals surface area contributed by atoms with Gasteiger partial charge in [-0.05, 0) is 105 Å². The van der Waals surface area contributed by atoms with Gasteiger partial charge in [-0.3, -0.25) is 33.7 Å². The number of hydrogen-bond acceptors (Lipinski definition) is 11. The van der Waals surface area contributed by atoms with Gasteiger partial charge in [0.25, 0.3) is 17.4 Å². The number of nitrogens with zero attached hydrogens (tertiary/aromatic N) is 6. The minimum atomic E-state index is -0.723. The van der Waals surface area contributed by atoms with E-state index >= 15 is 4.39 Å². The number of fused-ring (bicyclic) bond motifs is 1. The number of carbonyl (C=O) groups is 5. The number of piperidine rings is 3. The fraction of sp³-hybridized carbons (Fsp3) is 0.483. The second-order valence-corrected chi connectivity index (χ2v) is 21.9. The Bertz CT molecular complexity index is 3100. The van der Waals surface area contributed by atoms with Crippen molar-refractivity contribution in [3.05, 3.63) is 146 Å². The monoisotopic (exact) mass is 1100 g/mol. The van der Waals surface area contributed by atoms with E-state index in [1.165, 1.54) is 18.2 Å². The standard InChI is InChI=1S/C60H70F3N9O8/c61-45-12-11-43(52(63)34-45)35-64-36-54(73)72-20-4-7-44(37-72)41-5-3-6-42(33-41)57(75)65-56(40-18-29-79-30-19-40)60(78)70-23-16-47(17-24-70)80-46-14-21-68(22-15-46)38-55(74)69-25-27-71(28-26-69)59(77)50-31-39(10-13-51(50)62)32-53-48-8-1-2-9-49(48)58(76)67-66-53/h1-3,5-6,8-13,31,33-34,40,44,46-47,56,64H,4,7,14-30,32,35-38H2,(H,65,75)(H,67,76)/t44?,56-/m1/s1. The van der Waals surface area contributed by atoms with Gasteiger partial charge in [0.05, 0.1) is 41.9 Å². The third kappa shape index (κ3) is 13.8. The molecule has 1 aromatic heterocycles. The lowest BCUT2D eigenvalue weighted by Gasteiger charge is -2.40.